The number of hydrogen-bond donors (Lipinski definition) is 1. The van der Waals surface area contributed by atoms with Crippen molar-refractivity contribution in [2.45, 2.75) is 38.1 Å². The van der Waals surface area contributed by atoms with E-state index in [9.17, 15) is 14.4 Å². The first kappa shape index (κ1) is 22.0. The van der Waals surface area contributed by atoms with Gasteiger partial charge in [-0.15, -0.1) is 0 Å². The number of pyridine rings is 1. The van der Waals surface area contributed by atoms with Gasteiger partial charge in [0.1, 0.15) is 17.7 Å². The van der Waals surface area contributed by atoms with Crippen LogP contribution in [0.2, 0.25) is 0 Å². The second-order valence-corrected chi connectivity index (χ2v) is 8.44. The van der Waals surface area contributed by atoms with Crippen LogP contribution in [-0.2, 0) is 9.53 Å². The molecule has 1 amide bonds. The number of carbonyl (C=O) groups excluding carboxylic acids is 1. The van der Waals surface area contributed by atoms with Gasteiger partial charge >= 0.3 is 0 Å². The second-order valence-electron chi connectivity index (χ2n) is 8.44. The van der Waals surface area contributed by atoms with Crippen molar-refractivity contribution < 1.29 is 13.9 Å². The molecule has 0 unspecified atom stereocenters. The van der Waals surface area contributed by atoms with Gasteiger partial charge in [-0.05, 0) is 50.1 Å². The average Bonchev–Trinajstić information content (AvgIpc) is 3.64. The van der Waals surface area contributed by atoms with Crippen LogP contribution in [0.4, 0.5) is 21.6 Å². The van der Waals surface area contributed by atoms with Crippen molar-refractivity contribution in [1.29, 1.82) is 5.26 Å². The lowest BCUT2D eigenvalue weighted by atomic mass is 10.1. The van der Waals surface area contributed by atoms with Gasteiger partial charge in [0.25, 0.3) is 0 Å². The lowest BCUT2D eigenvalue weighted by Crippen LogP contribution is -2.54. The van der Waals surface area contributed by atoms with Crippen LogP contribution < -0.4 is 10.2 Å². The van der Waals surface area contributed by atoms with Gasteiger partial charge in [-0.2, -0.15) is 5.26 Å². The van der Waals surface area contributed by atoms with Crippen molar-refractivity contribution in [2.75, 3.05) is 43.6 Å². The Morgan fingerprint density at radius 1 is 1.31 bits per heavy atom. The number of ether oxygens (including phenoxy) is 1. The molecule has 1 aromatic carbocycles. The summed E-state index contributed by atoms with van der Waals surface area (Å²) in [7, 11) is 1.59. The molecule has 4 rings (SSSR count). The fourth-order valence-corrected chi connectivity index (χ4v) is 4.15. The molecule has 1 aliphatic heterocycles. The zero-order chi connectivity index (χ0) is 22.7. The van der Waals surface area contributed by atoms with Gasteiger partial charge in [0.2, 0.25) is 5.91 Å². The molecule has 1 saturated carbocycles. The number of nitrogens with zero attached hydrogens (tertiary/aromatic N) is 4. The van der Waals surface area contributed by atoms with Gasteiger partial charge < -0.3 is 19.9 Å². The fraction of sp³-hybridized carbons (Fsp3) is 0.458. The number of nitriles is 1. The van der Waals surface area contributed by atoms with Crippen molar-refractivity contribution in [1.82, 2.24) is 9.88 Å². The van der Waals surface area contributed by atoms with Crippen molar-refractivity contribution in [2.24, 2.45) is 0 Å². The van der Waals surface area contributed by atoms with E-state index in [-0.39, 0.29) is 17.8 Å². The smallest absolute Gasteiger partial charge is 0.225 e. The van der Waals surface area contributed by atoms with Crippen molar-refractivity contribution in [3.63, 3.8) is 0 Å². The molecule has 0 radical (unpaired) electrons. The third kappa shape index (κ3) is 4.83. The summed E-state index contributed by atoms with van der Waals surface area (Å²) in [6.07, 6.45) is 2.50. The molecule has 2 fully saturated rings. The first-order chi connectivity index (χ1) is 15.5. The molecule has 1 atom stereocenters. The molecule has 0 bridgehead atoms. The second kappa shape index (κ2) is 9.53. The summed E-state index contributed by atoms with van der Waals surface area (Å²) in [4.78, 5) is 21.4. The van der Waals surface area contributed by atoms with E-state index >= 15 is 0 Å². The Kier molecular flexibility index (Phi) is 6.56. The van der Waals surface area contributed by atoms with Gasteiger partial charge in [0.15, 0.2) is 0 Å². The predicted octanol–water partition coefficient (Wildman–Crippen LogP) is 3.79. The molecular weight excluding hydrogens is 409 g/mol. The van der Waals surface area contributed by atoms with E-state index in [4.69, 9.17) is 9.72 Å². The molecule has 0 spiro atoms. The molecule has 7 nitrogen and oxygen atoms in total. The van der Waals surface area contributed by atoms with E-state index < -0.39 is 0 Å². The number of aromatic nitrogens is 1. The van der Waals surface area contributed by atoms with Gasteiger partial charge in [-0.1, -0.05) is 0 Å². The largest absolute Gasteiger partial charge is 0.384 e. The minimum absolute atomic E-state index is 0.0165. The molecule has 2 aliphatic rings. The van der Waals surface area contributed by atoms with Crippen molar-refractivity contribution in [3.8, 4) is 6.07 Å². The Bertz CT molecular complexity index is 1020. The van der Waals surface area contributed by atoms with Crippen LogP contribution in [-0.4, -0.2) is 55.2 Å². The zero-order valence-electron chi connectivity index (χ0n) is 18.5. The van der Waals surface area contributed by atoms with E-state index in [0.717, 1.165) is 29.9 Å². The Morgan fingerprint density at radius 2 is 2.06 bits per heavy atom. The first-order valence-corrected chi connectivity index (χ1v) is 11.0. The summed E-state index contributed by atoms with van der Waals surface area (Å²) in [6.45, 7) is 4.27. The van der Waals surface area contributed by atoms with E-state index in [2.05, 4.69) is 16.3 Å². The highest BCUT2D eigenvalue weighted by Gasteiger charge is 2.32. The number of nitrogens with one attached hydrogen (secondary N) is 1. The van der Waals surface area contributed by atoms with E-state index in [0.29, 0.717) is 50.0 Å². The summed E-state index contributed by atoms with van der Waals surface area (Å²) in [5.74, 6) is 0.830. The van der Waals surface area contributed by atoms with Crippen LogP contribution >= 0.6 is 0 Å². The number of benzene rings is 1. The molecule has 168 valence electrons. The highest BCUT2D eigenvalue weighted by molar-refractivity contribution is 5.77. The number of methoxy groups -OCH3 is 1. The van der Waals surface area contributed by atoms with Gasteiger partial charge in [0.05, 0.1) is 30.0 Å². The number of piperazine rings is 1. The summed E-state index contributed by atoms with van der Waals surface area (Å²) >= 11 is 0. The number of amides is 1. The summed E-state index contributed by atoms with van der Waals surface area (Å²) in [6, 6.07) is 10.3. The predicted molar refractivity (Wildman–Crippen MR) is 120 cm³/mol. The topological polar surface area (TPSA) is 81.5 Å². The Labute approximate surface area is 187 Å². The number of rotatable bonds is 7. The summed E-state index contributed by atoms with van der Waals surface area (Å²) < 4.78 is 18.3. The molecular formula is C24H28FN5O2. The van der Waals surface area contributed by atoms with Crippen molar-refractivity contribution >= 4 is 23.1 Å². The number of anilines is 3. The Morgan fingerprint density at radius 3 is 2.69 bits per heavy atom. The molecule has 1 aliphatic carbocycles. The van der Waals surface area contributed by atoms with Crippen LogP contribution in [0.3, 0.4) is 0 Å². The minimum atomic E-state index is -0.293. The SMILES string of the molecule is COCCC(=O)N1CCN(c2nc(C3CC3)c(Nc3ccc(F)cc3)cc2C#N)C[C@H]1C. The molecule has 2 heterocycles. The lowest BCUT2D eigenvalue weighted by Gasteiger charge is -2.41. The molecule has 1 saturated heterocycles. The minimum Gasteiger partial charge on any atom is -0.384 e. The Hall–Kier alpha value is -3.18. The van der Waals surface area contributed by atoms with E-state index in [1.54, 1.807) is 19.2 Å². The maximum absolute atomic E-state index is 13.3. The average molecular weight is 438 g/mol. The summed E-state index contributed by atoms with van der Waals surface area (Å²) in [5.41, 5.74) is 2.98. The molecule has 1 aromatic heterocycles. The quantitative estimate of drug-likeness (QED) is 0.710. The highest BCUT2D eigenvalue weighted by atomic mass is 19.1. The van der Waals surface area contributed by atoms with Crippen LogP contribution in [0, 0.1) is 17.1 Å². The lowest BCUT2D eigenvalue weighted by molar-refractivity contribution is -0.134. The number of carbonyl (C=O) groups is 1. The normalized spacial score (nSPS) is 18.4. The maximum atomic E-state index is 13.3. The van der Waals surface area contributed by atoms with Crippen molar-refractivity contribution in [3.05, 3.63) is 47.4 Å². The monoisotopic (exact) mass is 437 g/mol. The number of hydrogen-bond acceptors (Lipinski definition) is 6. The first-order valence-electron chi connectivity index (χ1n) is 11.0. The molecule has 32 heavy (non-hydrogen) atoms. The van der Waals surface area contributed by atoms with E-state index in [1.807, 2.05) is 17.9 Å². The molecule has 8 heteroatoms. The standard InChI is InChI=1S/C24H28FN5O2/c1-16-15-29(10-11-30(16)22(31)9-12-32-2)24-18(14-26)13-21(23(28-24)17-3-4-17)27-20-7-5-19(25)6-8-20/h5-8,13,16-17,27H,3-4,9-12,15H2,1-2H3/t16-/m1/s1. The van der Waals surface area contributed by atoms with Crippen LogP contribution in [0.25, 0.3) is 0 Å². The van der Waals surface area contributed by atoms with Crippen LogP contribution in [0.5, 0.6) is 0 Å². The van der Waals surface area contributed by atoms with Gasteiger partial charge in [-0.25, -0.2) is 9.37 Å². The Balaban J connectivity index is 1.57. The van der Waals surface area contributed by atoms with Gasteiger partial charge in [-0.3, -0.25) is 4.79 Å². The molecule has 1 N–H and O–H groups in total. The molecule has 2 aromatic rings. The number of halogens is 1. The van der Waals surface area contributed by atoms with Crippen LogP contribution in [0.1, 0.15) is 43.4 Å². The van der Waals surface area contributed by atoms with Gasteiger partial charge in [0, 0.05) is 44.4 Å². The highest BCUT2D eigenvalue weighted by Crippen LogP contribution is 2.44. The zero-order valence-corrected chi connectivity index (χ0v) is 18.5. The third-order valence-corrected chi connectivity index (χ3v) is 6.01. The summed E-state index contributed by atoms with van der Waals surface area (Å²) in [5, 5.41) is 13.2. The fourth-order valence-electron chi connectivity index (χ4n) is 4.15. The third-order valence-electron chi connectivity index (χ3n) is 6.01. The van der Waals surface area contributed by atoms with Crippen LogP contribution in [0.15, 0.2) is 30.3 Å². The maximum Gasteiger partial charge on any atom is 0.225 e. The van der Waals surface area contributed by atoms with E-state index in [1.165, 1.54) is 12.1 Å².